The molecule has 0 radical (unpaired) electrons. The number of aryl methyl sites for hydroxylation is 1. The number of carbonyl (C=O) groups excluding carboxylic acids is 1. The standard InChI is InChI=1S/C22H27N5O4/c23-22(24)15-7-5-14(6-8-15)19-11-18(31-27-19)12-20(28)26-17-10-9-16(25-13-17)3-1-2-4-21(29)30/h5-10,13,18-19,27H,1-4,11-12H2,(H3,23,24)(H,26,28)(H,29,30)/t18-,19+/m1/s1. The van der Waals surface area contributed by atoms with E-state index in [9.17, 15) is 9.59 Å². The predicted octanol–water partition coefficient (Wildman–Crippen LogP) is 2.53. The van der Waals surface area contributed by atoms with Crippen molar-refractivity contribution in [2.24, 2.45) is 5.73 Å². The molecule has 1 fully saturated rings. The summed E-state index contributed by atoms with van der Waals surface area (Å²) in [5, 5.41) is 18.9. The highest BCUT2D eigenvalue weighted by Crippen LogP contribution is 2.27. The molecule has 0 unspecified atom stereocenters. The van der Waals surface area contributed by atoms with E-state index in [1.807, 2.05) is 18.2 Å². The number of carboxylic acids is 1. The average molecular weight is 425 g/mol. The molecule has 1 aliphatic rings. The molecule has 1 aromatic carbocycles. The molecule has 31 heavy (non-hydrogen) atoms. The van der Waals surface area contributed by atoms with Crippen molar-refractivity contribution in [3.63, 3.8) is 0 Å². The van der Waals surface area contributed by atoms with Crippen LogP contribution in [0.4, 0.5) is 5.69 Å². The van der Waals surface area contributed by atoms with Crippen molar-refractivity contribution in [1.29, 1.82) is 5.41 Å². The Morgan fingerprint density at radius 3 is 2.65 bits per heavy atom. The molecule has 2 heterocycles. The minimum atomic E-state index is -0.787. The SMILES string of the molecule is N=C(N)c1ccc([C@@H]2C[C@H](CC(=O)Nc3ccc(CCCCC(=O)O)nc3)ON2)cc1. The number of hydrogen-bond acceptors (Lipinski definition) is 6. The molecule has 0 aliphatic carbocycles. The van der Waals surface area contributed by atoms with E-state index in [0.717, 1.165) is 17.7 Å². The summed E-state index contributed by atoms with van der Waals surface area (Å²) in [6.45, 7) is 0. The van der Waals surface area contributed by atoms with Crippen LogP contribution in [0.2, 0.25) is 0 Å². The van der Waals surface area contributed by atoms with Gasteiger partial charge in [-0.3, -0.25) is 24.8 Å². The van der Waals surface area contributed by atoms with Crippen LogP contribution in [0.15, 0.2) is 42.6 Å². The highest BCUT2D eigenvalue weighted by molar-refractivity contribution is 5.94. The van der Waals surface area contributed by atoms with Crippen LogP contribution in [0.25, 0.3) is 0 Å². The summed E-state index contributed by atoms with van der Waals surface area (Å²) in [7, 11) is 0. The largest absolute Gasteiger partial charge is 0.481 e. The first kappa shape index (κ1) is 22.4. The van der Waals surface area contributed by atoms with Crippen LogP contribution in [-0.4, -0.2) is 33.9 Å². The van der Waals surface area contributed by atoms with Gasteiger partial charge in [0.25, 0.3) is 0 Å². The first-order chi connectivity index (χ1) is 14.9. The van der Waals surface area contributed by atoms with Crippen LogP contribution in [0.5, 0.6) is 0 Å². The van der Waals surface area contributed by atoms with Gasteiger partial charge in [0.1, 0.15) is 5.84 Å². The van der Waals surface area contributed by atoms with Gasteiger partial charge in [-0.25, -0.2) is 0 Å². The van der Waals surface area contributed by atoms with E-state index in [-0.39, 0.29) is 36.7 Å². The highest BCUT2D eigenvalue weighted by atomic mass is 16.7. The summed E-state index contributed by atoms with van der Waals surface area (Å²) in [6.07, 6.45) is 4.47. The molecular weight excluding hydrogens is 398 g/mol. The van der Waals surface area contributed by atoms with Gasteiger partial charge in [0.05, 0.1) is 30.5 Å². The number of nitrogens with two attached hydrogens (primary N) is 1. The van der Waals surface area contributed by atoms with Gasteiger partial charge >= 0.3 is 5.97 Å². The summed E-state index contributed by atoms with van der Waals surface area (Å²) >= 11 is 0. The smallest absolute Gasteiger partial charge is 0.303 e. The molecule has 1 aliphatic heterocycles. The Morgan fingerprint density at radius 2 is 2.00 bits per heavy atom. The third-order valence-corrected chi connectivity index (χ3v) is 5.09. The maximum Gasteiger partial charge on any atom is 0.303 e. The number of hydrogen-bond donors (Lipinski definition) is 5. The monoisotopic (exact) mass is 425 g/mol. The van der Waals surface area contributed by atoms with E-state index in [0.29, 0.717) is 30.5 Å². The van der Waals surface area contributed by atoms with Crippen molar-refractivity contribution in [2.45, 2.75) is 50.7 Å². The topological polar surface area (TPSA) is 150 Å². The fourth-order valence-electron chi connectivity index (χ4n) is 3.41. The zero-order valence-electron chi connectivity index (χ0n) is 17.1. The molecule has 0 saturated carbocycles. The quantitative estimate of drug-likeness (QED) is 0.223. The normalized spacial score (nSPS) is 17.9. The second kappa shape index (κ2) is 10.6. The number of nitrogens with zero attached hydrogens (tertiary/aromatic N) is 1. The number of amides is 1. The summed E-state index contributed by atoms with van der Waals surface area (Å²) in [4.78, 5) is 32.8. The van der Waals surface area contributed by atoms with E-state index in [4.69, 9.17) is 21.1 Å². The Hall–Kier alpha value is -3.30. The van der Waals surface area contributed by atoms with E-state index in [1.165, 1.54) is 0 Å². The Bertz CT molecular complexity index is 915. The Labute approximate surface area is 180 Å². The van der Waals surface area contributed by atoms with Gasteiger partial charge in [-0.15, -0.1) is 0 Å². The first-order valence-corrected chi connectivity index (χ1v) is 10.2. The molecule has 164 valence electrons. The number of aliphatic carboxylic acids is 1. The minimum absolute atomic E-state index is 0.0254. The van der Waals surface area contributed by atoms with Crippen molar-refractivity contribution in [2.75, 3.05) is 5.32 Å². The van der Waals surface area contributed by atoms with Crippen LogP contribution in [0.3, 0.4) is 0 Å². The van der Waals surface area contributed by atoms with Crippen molar-refractivity contribution in [3.05, 3.63) is 59.4 Å². The summed E-state index contributed by atoms with van der Waals surface area (Å²) in [5.74, 6) is -0.919. The van der Waals surface area contributed by atoms with E-state index in [1.54, 1.807) is 24.4 Å². The molecule has 9 nitrogen and oxygen atoms in total. The molecule has 1 saturated heterocycles. The van der Waals surface area contributed by atoms with Crippen LogP contribution in [0.1, 0.15) is 55.0 Å². The van der Waals surface area contributed by atoms with E-state index < -0.39 is 5.97 Å². The van der Waals surface area contributed by atoms with Crippen LogP contribution in [-0.2, 0) is 20.8 Å². The minimum Gasteiger partial charge on any atom is -0.481 e. The highest BCUT2D eigenvalue weighted by Gasteiger charge is 2.28. The van der Waals surface area contributed by atoms with Crippen molar-refractivity contribution in [3.8, 4) is 0 Å². The zero-order valence-corrected chi connectivity index (χ0v) is 17.1. The van der Waals surface area contributed by atoms with Crippen molar-refractivity contribution >= 4 is 23.4 Å². The number of nitrogens with one attached hydrogen (secondary N) is 3. The second-order valence-corrected chi connectivity index (χ2v) is 7.57. The van der Waals surface area contributed by atoms with Gasteiger partial charge in [-0.05, 0) is 43.4 Å². The Balaban J connectivity index is 1.42. The number of aromatic nitrogens is 1. The molecule has 2 atom stereocenters. The summed E-state index contributed by atoms with van der Waals surface area (Å²) in [5.41, 5.74) is 11.6. The number of amidine groups is 1. The number of carbonyl (C=O) groups is 2. The maximum atomic E-state index is 12.4. The molecule has 0 bridgehead atoms. The fourth-order valence-corrected chi connectivity index (χ4v) is 3.41. The number of pyridine rings is 1. The lowest BCUT2D eigenvalue weighted by molar-refractivity contribution is -0.137. The number of hydroxylamine groups is 1. The number of rotatable bonds is 10. The van der Waals surface area contributed by atoms with Crippen molar-refractivity contribution < 1.29 is 19.5 Å². The third-order valence-electron chi connectivity index (χ3n) is 5.09. The fraction of sp³-hybridized carbons (Fsp3) is 0.364. The van der Waals surface area contributed by atoms with Gasteiger partial charge in [0.15, 0.2) is 0 Å². The summed E-state index contributed by atoms with van der Waals surface area (Å²) in [6, 6.07) is 11.0. The Kier molecular flexibility index (Phi) is 7.69. The number of carboxylic acid groups (broad SMARTS) is 1. The lowest BCUT2D eigenvalue weighted by atomic mass is 9.99. The van der Waals surface area contributed by atoms with E-state index >= 15 is 0 Å². The molecule has 9 heteroatoms. The molecule has 1 aromatic heterocycles. The van der Waals surface area contributed by atoms with Gasteiger partial charge in [-0.1, -0.05) is 24.3 Å². The maximum absolute atomic E-state index is 12.4. The van der Waals surface area contributed by atoms with Crippen LogP contribution in [0, 0.1) is 5.41 Å². The van der Waals surface area contributed by atoms with Gasteiger partial charge in [-0.2, -0.15) is 5.48 Å². The number of benzene rings is 1. The number of unbranched alkanes of at least 4 members (excludes halogenated alkanes) is 1. The van der Waals surface area contributed by atoms with Gasteiger partial charge in [0.2, 0.25) is 5.91 Å². The van der Waals surface area contributed by atoms with Crippen molar-refractivity contribution in [1.82, 2.24) is 10.5 Å². The van der Waals surface area contributed by atoms with Gasteiger partial charge in [0, 0.05) is 17.7 Å². The molecular formula is C22H27N5O4. The molecule has 6 N–H and O–H groups in total. The lowest BCUT2D eigenvalue weighted by Gasteiger charge is -2.10. The summed E-state index contributed by atoms with van der Waals surface area (Å²) < 4.78 is 0. The number of nitrogen functional groups attached to an aromatic ring is 1. The Morgan fingerprint density at radius 1 is 1.23 bits per heavy atom. The molecule has 1 amide bonds. The van der Waals surface area contributed by atoms with E-state index in [2.05, 4.69) is 15.8 Å². The first-order valence-electron chi connectivity index (χ1n) is 10.2. The lowest BCUT2D eigenvalue weighted by Crippen LogP contribution is -2.20. The third kappa shape index (κ3) is 6.87. The molecule has 0 spiro atoms. The molecule has 3 rings (SSSR count). The van der Waals surface area contributed by atoms with Crippen LogP contribution < -0.4 is 16.5 Å². The van der Waals surface area contributed by atoms with Gasteiger partial charge < -0.3 is 16.2 Å². The second-order valence-electron chi connectivity index (χ2n) is 7.57. The zero-order chi connectivity index (χ0) is 22.2. The molecule has 2 aromatic rings. The predicted molar refractivity (Wildman–Crippen MR) is 115 cm³/mol. The van der Waals surface area contributed by atoms with Crippen LogP contribution >= 0.6 is 0 Å². The average Bonchev–Trinajstić information content (AvgIpc) is 3.20. The number of anilines is 1.